The lowest BCUT2D eigenvalue weighted by Crippen LogP contribution is -2.41. The van der Waals surface area contributed by atoms with Crippen molar-refractivity contribution < 1.29 is 0 Å². The molecular weight excluding hydrogens is 328 g/mol. The van der Waals surface area contributed by atoms with Gasteiger partial charge in [0.2, 0.25) is 5.28 Å². The number of rotatable bonds is 3. The average Bonchev–Trinajstić information content (AvgIpc) is 2.63. The number of fused-ring (bicyclic) bond motifs is 2. The first kappa shape index (κ1) is 13.6. The van der Waals surface area contributed by atoms with E-state index in [0.29, 0.717) is 0 Å². The lowest BCUT2D eigenvalue weighted by molar-refractivity contribution is 0.139. The minimum Gasteiger partial charge on any atom is -0.369 e. The van der Waals surface area contributed by atoms with Crippen LogP contribution in [0.1, 0.15) is 25.7 Å². The van der Waals surface area contributed by atoms with Crippen molar-refractivity contribution in [1.29, 1.82) is 0 Å². The Morgan fingerprint density at radius 2 is 2.11 bits per heavy atom. The van der Waals surface area contributed by atoms with Crippen LogP contribution in [0, 0.1) is 5.92 Å². The molecule has 4 nitrogen and oxygen atoms in total. The van der Waals surface area contributed by atoms with Gasteiger partial charge in [0.25, 0.3) is 0 Å². The van der Waals surface area contributed by atoms with Crippen LogP contribution in [0.5, 0.6) is 0 Å². The first-order valence-electron chi connectivity index (χ1n) is 6.77. The molecule has 6 heteroatoms. The van der Waals surface area contributed by atoms with E-state index in [2.05, 4.69) is 43.2 Å². The molecule has 2 saturated heterocycles. The van der Waals surface area contributed by atoms with Crippen LogP contribution in [0.2, 0.25) is 5.28 Å². The Hall–Kier alpha value is -0.390. The Labute approximate surface area is 127 Å². The van der Waals surface area contributed by atoms with Gasteiger partial charge in [-0.25, -0.2) is 4.98 Å². The second kappa shape index (κ2) is 5.54. The maximum atomic E-state index is 5.82. The summed E-state index contributed by atoms with van der Waals surface area (Å²) in [4.78, 5) is 10.7. The smallest absolute Gasteiger partial charge is 0.224 e. The Kier molecular flexibility index (Phi) is 3.96. The van der Waals surface area contributed by atoms with E-state index in [1.807, 2.05) is 0 Å². The molecule has 3 heterocycles. The average molecular weight is 346 g/mol. The number of nitrogens with one attached hydrogen (secondary N) is 1. The number of anilines is 1. The maximum absolute atomic E-state index is 5.82. The molecule has 0 spiro atoms. The molecule has 2 aliphatic heterocycles. The van der Waals surface area contributed by atoms with Crippen molar-refractivity contribution in [2.45, 2.75) is 37.8 Å². The summed E-state index contributed by atoms with van der Waals surface area (Å²) in [6.45, 7) is 0.965. The minimum atomic E-state index is 0.286. The van der Waals surface area contributed by atoms with Gasteiger partial charge in [-0.2, -0.15) is 4.98 Å². The number of piperidine rings is 1. The van der Waals surface area contributed by atoms with Crippen molar-refractivity contribution in [3.63, 3.8) is 0 Å². The third kappa shape index (κ3) is 2.88. The number of hydrogen-bond acceptors (Lipinski definition) is 4. The number of nitrogens with zero attached hydrogens (tertiary/aromatic N) is 3. The molecule has 2 atom stereocenters. The van der Waals surface area contributed by atoms with Crippen LogP contribution >= 0.6 is 27.5 Å². The van der Waals surface area contributed by atoms with Crippen molar-refractivity contribution >= 4 is 33.3 Å². The van der Waals surface area contributed by atoms with E-state index >= 15 is 0 Å². The highest BCUT2D eigenvalue weighted by Gasteiger charge is 2.38. The summed E-state index contributed by atoms with van der Waals surface area (Å²) < 4.78 is 0.868. The van der Waals surface area contributed by atoms with Gasteiger partial charge in [-0.05, 0) is 66.2 Å². The zero-order valence-corrected chi connectivity index (χ0v) is 13.3. The minimum absolute atomic E-state index is 0.286. The molecule has 2 unspecified atom stereocenters. The van der Waals surface area contributed by atoms with E-state index in [9.17, 15) is 0 Å². The maximum Gasteiger partial charge on any atom is 0.224 e. The SMILES string of the molecule is CN1C2CCC1CC(CNc1nc(Cl)ncc1Br)C2. The summed E-state index contributed by atoms with van der Waals surface area (Å²) >= 11 is 9.27. The number of aromatic nitrogens is 2. The summed E-state index contributed by atoms with van der Waals surface area (Å²) in [5.74, 6) is 1.53. The van der Waals surface area contributed by atoms with Crippen LogP contribution in [0.25, 0.3) is 0 Å². The Morgan fingerprint density at radius 3 is 2.79 bits per heavy atom. The molecule has 19 heavy (non-hydrogen) atoms. The molecular formula is C13H18BrClN4. The largest absolute Gasteiger partial charge is 0.369 e. The second-order valence-electron chi connectivity index (χ2n) is 5.60. The van der Waals surface area contributed by atoms with E-state index in [4.69, 9.17) is 11.6 Å². The van der Waals surface area contributed by atoms with Crippen LogP contribution in [0.3, 0.4) is 0 Å². The molecule has 0 radical (unpaired) electrons. The molecule has 2 fully saturated rings. The van der Waals surface area contributed by atoms with Crippen LogP contribution in [0.15, 0.2) is 10.7 Å². The first-order valence-corrected chi connectivity index (χ1v) is 7.94. The summed E-state index contributed by atoms with van der Waals surface area (Å²) in [6, 6.07) is 1.56. The molecule has 3 rings (SSSR count). The summed E-state index contributed by atoms with van der Waals surface area (Å²) in [6.07, 6.45) is 6.99. The molecule has 0 amide bonds. The molecule has 2 aliphatic rings. The van der Waals surface area contributed by atoms with Crippen LogP contribution in [-0.2, 0) is 0 Å². The predicted molar refractivity (Wildman–Crippen MR) is 80.5 cm³/mol. The molecule has 0 saturated carbocycles. The molecule has 2 bridgehead atoms. The third-order valence-electron chi connectivity index (χ3n) is 4.47. The third-order valence-corrected chi connectivity index (χ3v) is 5.23. The van der Waals surface area contributed by atoms with Crippen LogP contribution in [-0.4, -0.2) is 40.5 Å². The fraction of sp³-hybridized carbons (Fsp3) is 0.692. The molecule has 0 aliphatic carbocycles. The zero-order valence-electron chi connectivity index (χ0n) is 10.9. The van der Waals surface area contributed by atoms with Gasteiger partial charge in [0.15, 0.2) is 0 Å². The Balaban J connectivity index is 1.60. The van der Waals surface area contributed by atoms with Crippen LogP contribution in [0.4, 0.5) is 5.82 Å². The van der Waals surface area contributed by atoms with E-state index in [1.165, 1.54) is 25.7 Å². The zero-order chi connectivity index (χ0) is 13.4. The lowest BCUT2D eigenvalue weighted by atomic mass is 9.91. The van der Waals surface area contributed by atoms with Crippen molar-refractivity contribution in [2.75, 3.05) is 18.9 Å². The lowest BCUT2D eigenvalue weighted by Gasteiger charge is -2.36. The highest BCUT2D eigenvalue weighted by molar-refractivity contribution is 9.10. The summed E-state index contributed by atoms with van der Waals surface area (Å²) in [5, 5.41) is 3.69. The van der Waals surface area contributed by atoms with E-state index in [0.717, 1.165) is 34.8 Å². The van der Waals surface area contributed by atoms with Gasteiger partial charge in [-0.15, -0.1) is 0 Å². The number of hydrogen-bond donors (Lipinski definition) is 1. The molecule has 104 valence electrons. The first-order chi connectivity index (χ1) is 9.13. The van der Waals surface area contributed by atoms with Crippen molar-refractivity contribution in [1.82, 2.24) is 14.9 Å². The van der Waals surface area contributed by atoms with Gasteiger partial charge >= 0.3 is 0 Å². The Morgan fingerprint density at radius 1 is 1.42 bits per heavy atom. The van der Waals surface area contributed by atoms with Gasteiger partial charge in [0, 0.05) is 24.8 Å². The van der Waals surface area contributed by atoms with Gasteiger partial charge in [-0.3, -0.25) is 0 Å². The van der Waals surface area contributed by atoms with Gasteiger partial charge < -0.3 is 10.2 Å². The topological polar surface area (TPSA) is 41.0 Å². The van der Waals surface area contributed by atoms with Crippen molar-refractivity contribution in [3.8, 4) is 0 Å². The quantitative estimate of drug-likeness (QED) is 0.854. The summed E-state index contributed by atoms with van der Waals surface area (Å²) in [5.41, 5.74) is 0. The molecule has 1 aromatic heterocycles. The monoisotopic (exact) mass is 344 g/mol. The van der Waals surface area contributed by atoms with Gasteiger partial charge in [0.05, 0.1) is 4.47 Å². The van der Waals surface area contributed by atoms with E-state index in [1.54, 1.807) is 6.20 Å². The fourth-order valence-corrected chi connectivity index (χ4v) is 3.87. The van der Waals surface area contributed by atoms with Crippen molar-refractivity contribution in [2.24, 2.45) is 5.92 Å². The standard InChI is InChI=1S/C13H18BrClN4/c1-19-9-2-3-10(19)5-8(4-9)6-16-12-11(14)7-17-13(15)18-12/h7-10H,2-6H2,1H3,(H,16,17,18). The molecule has 1 N–H and O–H groups in total. The predicted octanol–water partition coefficient (Wildman–Crippen LogP) is 3.18. The van der Waals surface area contributed by atoms with Crippen molar-refractivity contribution in [3.05, 3.63) is 16.0 Å². The van der Waals surface area contributed by atoms with Crippen LogP contribution < -0.4 is 5.32 Å². The molecule has 1 aromatic rings. The summed E-state index contributed by atoms with van der Waals surface area (Å²) in [7, 11) is 2.27. The Bertz CT molecular complexity index is 456. The van der Waals surface area contributed by atoms with E-state index in [-0.39, 0.29) is 5.28 Å². The fourth-order valence-electron chi connectivity index (χ4n) is 3.40. The highest BCUT2D eigenvalue weighted by atomic mass is 79.9. The van der Waals surface area contributed by atoms with E-state index < -0.39 is 0 Å². The normalized spacial score (nSPS) is 30.6. The highest BCUT2D eigenvalue weighted by Crippen LogP contribution is 2.37. The second-order valence-corrected chi connectivity index (χ2v) is 6.80. The van der Waals surface area contributed by atoms with Gasteiger partial charge in [-0.1, -0.05) is 0 Å². The molecule has 0 aromatic carbocycles. The van der Waals surface area contributed by atoms with Gasteiger partial charge in [0.1, 0.15) is 5.82 Å². The number of halogens is 2.